The Balaban J connectivity index is 3.58. The summed E-state index contributed by atoms with van der Waals surface area (Å²) in [7, 11) is 1.74. The van der Waals surface area contributed by atoms with Gasteiger partial charge in [-0.15, -0.1) is 0 Å². The molecule has 1 N–H and O–H groups in total. The van der Waals surface area contributed by atoms with E-state index in [-0.39, 0.29) is 0 Å². The van der Waals surface area contributed by atoms with E-state index in [4.69, 9.17) is 4.74 Å². The van der Waals surface area contributed by atoms with Crippen molar-refractivity contribution in [1.82, 2.24) is 5.32 Å². The molecule has 0 aliphatic carbocycles. The molecule has 0 saturated heterocycles. The van der Waals surface area contributed by atoms with Crippen LogP contribution in [0.1, 0.15) is 40.5 Å². The van der Waals surface area contributed by atoms with E-state index in [0.29, 0.717) is 6.04 Å². The zero-order valence-corrected chi connectivity index (χ0v) is 10.5. The minimum Gasteiger partial charge on any atom is -0.383 e. The van der Waals surface area contributed by atoms with Crippen LogP contribution in [0, 0.1) is 11.8 Å². The summed E-state index contributed by atoms with van der Waals surface area (Å²) in [6, 6.07) is 0.596. The second-order valence-electron chi connectivity index (χ2n) is 4.46. The highest BCUT2D eigenvalue weighted by molar-refractivity contribution is 4.70. The summed E-state index contributed by atoms with van der Waals surface area (Å²) in [5.74, 6) is 1.60. The second kappa shape index (κ2) is 8.25. The quantitative estimate of drug-likeness (QED) is 0.610. The predicted molar refractivity (Wildman–Crippen MR) is 62.6 cm³/mol. The smallest absolute Gasteiger partial charge is 0.0587 e. The number of ether oxygens (including phenoxy) is 1. The Morgan fingerprint density at radius 1 is 1.21 bits per heavy atom. The Bertz CT molecular complexity index is 127. The maximum atomic E-state index is 5.01. The van der Waals surface area contributed by atoms with E-state index in [2.05, 4.69) is 33.0 Å². The third-order valence-corrected chi connectivity index (χ3v) is 3.10. The van der Waals surface area contributed by atoms with Crippen molar-refractivity contribution in [3.8, 4) is 0 Å². The molecule has 0 aromatic heterocycles. The fourth-order valence-corrected chi connectivity index (χ4v) is 1.60. The van der Waals surface area contributed by atoms with E-state index in [1.54, 1.807) is 7.11 Å². The highest BCUT2D eigenvalue weighted by Gasteiger charge is 2.13. The van der Waals surface area contributed by atoms with Crippen LogP contribution in [0.5, 0.6) is 0 Å². The molecule has 0 aliphatic rings. The molecule has 3 atom stereocenters. The first kappa shape index (κ1) is 13.9. The van der Waals surface area contributed by atoms with Crippen LogP contribution in [0.15, 0.2) is 0 Å². The lowest BCUT2D eigenvalue weighted by molar-refractivity contribution is 0.190. The van der Waals surface area contributed by atoms with Gasteiger partial charge in [-0.2, -0.15) is 0 Å². The van der Waals surface area contributed by atoms with Crippen LogP contribution in [0.2, 0.25) is 0 Å². The van der Waals surface area contributed by atoms with Crippen molar-refractivity contribution in [2.24, 2.45) is 11.8 Å². The second-order valence-corrected chi connectivity index (χ2v) is 4.46. The molecule has 0 radical (unpaired) electrons. The Labute approximate surface area is 89.4 Å². The molecule has 0 bridgehead atoms. The zero-order chi connectivity index (χ0) is 11.0. The normalized spacial score (nSPS) is 17.8. The van der Waals surface area contributed by atoms with Gasteiger partial charge in [-0.25, -0.2) is 0 Å². The Morgan fingerprint density at radius 3 is 2.36 bits per heavy atom. The standard InChI is InChI=1S/C12H27NO/c1-6-10(2)9-11(3)12(4)13-7-8-14-5/h10-13H,6-9H2,1-5H3. The first-order valence-electron chi connectivity index (χ1n) is 5.84. The highest BCUT2D eigenvalue weighted by Crippen LogP contribution is 2.17. The topological polar surface area (TPSA) is 21.3 Å². The van der Waals surface area contributed by atoms with E-state index in [0.717, 1.165) is 25.0 Å². The van der Waals surface area contributed by atoms with Gasteiger partial charge in [0.1, 0.15) is 0 Å². The number of hydrogen-bond acceptors (Lipinski definition) is 2. The molecule has 2 nitrogen and oxygen atoms in total. The van der Waals surface area contributed by atoms with Gasteiger partial charge < -0.3 is 10.1 Å². The molecule has 0 saturated carbocycles. The number of methoxy groups -OCH3 is 1. The van der Waals surface area contributed by atoms with Gasteiger partial charge in [-0.3, -0.25) is 0 Å². The molecule has 2 heteroatoms. The van der Waals surface area contributed by atoms with Crippen LogP contribution in [0.3, 0.4) is 0 Å². The van der Waals surface area contributed by atoms with Gasteiger partial charge in [0.15, 0.2) is 0 Å². The first-order valence-corrected chi connectivity index (χ1v) is 5.84. The molecule has 0 amide bonds. The third-order valence-electron chi connectivity index (χ3n) is 3.10. The molecule has 3 unspecified atom stereocenters. The van der Waals surface area contributed by atoms with E-state index in [1.807, 2.05) is 0 Å². The largest absolute Gasteiger partial charge is 0.383 e. The summed E-state index contributed by atoms with van der Waals surface area (Å²) in [5.41, 5.74) is 0. The minimum absolute atomic E-state index is 0.596. The number of hydrogen-bond donors (Lipinski definition) is 1. The van der Waals surface area contributed by atoms with Crippen LogP contribution >= 0.6 is 0 Å². The summed E-state index contributed by atoms with van der Waals surface area (Å²) in [6.07, 6.45) is 2.60. The van der Waals surface area contributed by atoms with Crippen LogP contribution in [0.25, 0.3) is 0 Å². The van der Waals surface area contributed by atoms with Gasteiger partial charge >= 0.3 is 0 Å². The van der Waals surface area contributed by atoms with E-state index >= 15 is 0 Å². The molecule has 0 spiro atoms. The van der Waals surface area contributed by atoms with Crippen molar-refractivity contribution in [1.29, 1.82) is 0 Å². The van der Waals surface area contributed by atoms with Gasteiger partial charge in [-0.1, -0.05) is 27.2 Å². The lowest BCUT2D eigenvalue weighted by Gasteiger charge is -2.23. The van der Waals surface area contributed by atoms with E-state index in [1.165, 1.54) is 12.8 Å². The summed E-state index contributed by atoms with van der Waals surface area (Å²) in [4.78, 5) is 0. The van der Waals surface area contributed by atoms with Crippen LogP contribution < -0.4 is 5.32 Å². The monoisotopic (exact) mass is 201 g/mol. The highest BCUT2D eigenvalue weighted by atomic mass is 16.5. The zero-order valence-electron chi connectivity index (χ0n) is 10.5. The van der Waals surface area contributed by atoms with Gasteiger partial charge in [0.05, 0.1) is 6.61 Å². The van der Waals surface area contributed by atoms with Gasteiger partial charge in [0, 0.05) is 19.7 Å². The predicted octanol–water partition coefficient (Wildman–Crippen LogP) is 2.68. The average Bonchev–Trinajstić information content (AvgIpc) is 2.17. The maximum Gasteiger partial charge on any atom is 0.0587 e. The maximum absolute atomic E-state index is 5.01. The van der Waals surface area contributed by atoms with E-state index < -0.39 is 0 Å². The number of rotatable bonds is 8. The molecule has 0 heterocycles. The molecule has 14 heavy (non-hydrogen) atoms. The fraction of sp³-hybridized carbons (Fsp3) is 1.00. The van der Waals surface area contributed by atoms with Crippen molar-refractivity contribution in [2.75, 3.05) is 20.3 Å². The lowest BCUT2D eigenvalue weighted by Crippen LogP contribution is -2.35. The summed E-state index contributed by atoms with van der Waals surface area (Å²) >= 11 is 0. The van der Waals surface area contributed by atoms with Crippen LogP contribution in [0.4, 0.5) is 0 Å². The first-order chi connectivity index (χ1) is 6.61. The SMILES string of the molecule is CCC(C)CC(C)C(C)NCCOC. The van der Waals surface area contributed by atoms with Gasteiger partial charge in [0.25, 0.3) is 0 Å². The van der Waals surface area contributed by atoms with Crippen LogP contribution in [-0.2, 0) is 4.74 Å². The molecule has 0 aromatic rings. The Hall–Kier alpha value is -0.0800. The molecule has 0 rings (SSSR count). The van der Waals surface area contributed by atoms with Crippen molar-refractivity contribution in [3.63, 3.8) is 0 Å². The summed E-state index contributed by atoms with van der Waals surface area (Å²) < 4.78 is 5.01. The molecule has 0 aliphatic heterocycles. The van der Waals surface area contributed by atoms with Crippen LogP contribution in [-0.4, -0.2) is 26.3 Å². The Morgan fingerprint density at radius 2 is 1.86 bits per heavy atom. The molecule has 0 aromatic carbocycles. The Kier molecular flexibility index (Phi) is 8.20. The fourth-order valence-electron chi connectivity index (χ4n) is 1.60. The third kappa shape index (κ3) is 6.39. The van der Waals surface area contributed by atoms with Gasteiger partial charge in [0.2, 0.25) is 0 Å². The molecular formula is C12H27NO. The van der Waals surface area contributed by atoms with E-state index in [9.17, 15) is 0 Å². The molecular weight excluding hydrogens is 174 g/mol. The summed E-state index contributed by atoms with van der Waals surface area (Å²) in [5, 5.41) is 3.49. The van der Waals surface area contributed by atoms with Crippen molar-refractivity contribution in [2.45, 2.75) is 46.6 Å². The minimum atomic E-state index is 0.596. The lowest BCUT2D eigenvalue weighted by atomic mass is 9.91. The summed E-state index contributed by atoms with van der Waals surface area (Å²) in [6.45, 7) is 11.0. The van der Waals surface area contributed by atoms with Crippen molar-refractivity contribution >= 4 is 0 Å². The average molecular weight is 201 g/mol. The number of nitrogens with one attached hydrogen (secondary N) is 1. The molecule has 0 fully saturated rings. The van der Waals surface area contributed by atoms with Crippen molar-refractivity contribution in [3.05, 3.63) is 0 Å². The molecule has 86 valence electrons. The van der Waals surface area contributed by atoms with Crippen molar-refractivity contribution < 1.29 is 4.74 Å². The van der Waals surface area contributed by atoms with Gasteiger partial charge in [-0.05, 0) is 25.2 Å².